The maximum atomic E-state index is 13.9. The van der Waals surface area contributed by atoms with Gasteiger partial charge in [-0.1, -0.05) is 57.5 Å². The first-order valence-corrected chi connectivity index (χ1v) is 12.5. The Morgan fingerprint density at radius 2 is 1.53 bits per heavy atom. The van der Waals surface area contributed by atoms with E-state index >= 15 is 0 Å². The van der Waals surface area contributed by atoms with Gasteiger partial charge in [-0.25, -0.2) is 8.42 Å². The van der Waals surface area contributed by atoms with Crippen molar-refractivity contribution in [3.05, 3.63) is 51.5 Å². The second-order valence-electron chi connectivity index (χ2n) is 10.2. The number of rotatable bonds is 3. The topological polar surface area (TPSA) is 46.6 Å². The van der Waals surface area contributed by atoms with E-state index in [4.69, 9.17) is 4.74 Å². The molecule has 4 nitrogen and oxygen atoms in total. The molecule has 0 spiro atoms. The monoisotopic (exact) mass is 493 g/mol. The Bertz CT molecular complexity index is 1040. The zero-order valence-corrected chi connectivity index (χ0v) is 21.5. The fraction of sp³-hybridized carbons (Fsp3) is 0.500. The van der Waals surface area contributed by atoms with Crippen LogP contribution in [0.4, 0.5) is 5.69 Å². The standard InChI is InChI=1S/C24H32BrNO3S/c1-15-11-16-12-17(25)9-10-21(16)26(15)30(27,28)18-13-19(23(2,3)4)22(29-8)20(14-18)24(5,6)7/h9-10,12-15H,11H2,1-8H3/t15-/m1/s1. The first-order chi connectivity index (χ1) is 13.7. The molecule has 2 aromatic rings. The summed E-state index contributed by atoms with van der Waals surface area (Å²) in [5.74, 6) is 0.771. The smallest absolute Gasteiger partial charge is 0.264 e. The summed E-state index contributed by atoms with van der Waals surface area (Å²) in [7, 11) is -2.08. The molecular formula is C24H32BrNO3S. The lowest BCUT2D eigenvalue weighted by molar-refractivity contribution is 0.380. The summed E-state index contributed by atoms with van der Waals surface area (Å²) < 4.78 is 36.2. The van der Waals surface area contributed by atoms with Crippen molar-refractivity contribution in [1.29, 1.82) is 0 Å². The summed E-state index contributed by atoms with van der Waals surface area (Å²) in [6.07, 6.45) is 0.697. The minimum atomic E-state index is -3.74. The van der Waals surface area contributed by atoms with E-state index in [9.17, 15) is 8.42 Å². The van der Waals surface area contributed by atoms with E-state index in [2.05, 4.69) is 57.5 Å². The summed E-state index contributed by atoms with van der Waals surface area (Å²) in [5.41, 5.74) is 3.07. The highest BCUT2D eigenvalue weighted by molar-refractivity contribution is 9.10. The number of halogens is 1. The number of hydrogen-bond donors (Lipinski definition) is 0. The minimum Gasteiger partial charge on any atom is -0.496 e. The molecule has 0 aliphatic carbocycles. The first kappa shape index (κ1) is 23.1. The second kappa shape index (κ2) is 7.56. The Morgan fingerprint density at radius 3 is 2.00 bits per heavy atom. The van der Waals surface area contributed by atoms with E-state index < -0.39 is 10.0 Å². The van der Waals surface area contributed by atoms with Gasteiger partial charge < -0.3 is 4.74 Å². The molecular weight excluding hydrogens is 462 g/mol. The van der Waals surface area contributed by atoms with Gasteiger partial charge in [0.2, 0.25) is 0 Å². The van der Waals surface area contributed by atoms with Crippen LogP contribution in [0.5, 0.6) is 5.75 Å². The van der Waals surface area contributed by atoms with E-state index in [0.29, 0.717) is 11.3 Å². The summed E-state index contributed by atoms with van der Waals surface area (Å²) in [4.78, 5) is 0.320. The van der Waals surface area contributed by atoms with Gasteiger partial charge in [0.25, 0.3) is 10.0 Å². The van der Waals surface area contributed by atoms with Gasteiger partial charge in [0.1, 0.15) is 5.75 Å². The number of sulfonamides is 1. The summed E-state index contributed by atoms with van der Waals surface area (Å²) in [6, 6.07) is 9.25. The molecule has 0 unspecified atom stereocenters. The van der Waals surface area contributed by atoms with Crippen molar-refractivity contribution in [2.75, 3.05) is 11.4 Å². The molecule has 0 saturated carbocycles. The Hall–Kier alpha value is -1.53. The molecule has 0 aromatic heterocycles. The van der Waals surface area contributed by atoms with E-state index in [1.165, 1.54) is 0 Å². The molecule has 0 N–H and O–H groups in total. The maximum Gasteiger partial charge on any atom is 0.264 e. The zero-order valence-electron chi connectivity index (χ0n) is 19.1. The van der Waals surface area contributed by atoms with Gasteiger partial charge in [0, 0.05) is 21.6 Å². The molecule has 30 heavy (non-hydrogen) atoms. The van der Waals surface area contributed by atoms with Crippen LogP contribution in [-0.2, 0) is 27.3 Å². The van der Waals surface area contributed by atoms with Gasteiger partial charge in [-0.3, -0.25) is 4.31 Å². The highest BCUT2D eigenvalue weighted by atomic mass is 79.9. The summed E-state index contributed by atoms with van der Waals surface area (Å²) in [5, 5.41) is 0. The van der Waals surface area contributed by atoms with Crippen molar-refractivity contribution >= 4 is 31.6 Å². The fourth-order valence-corrected chi connectivity index (χ4v) is 6.29. The van der Waals surface area contributed by atoms with E-state index in [1.807, 2.05) is 25.1 Å². The van der Waals surface area contributed by atoms with Crippen molar-refractivity contribution in [1.82, 2.24) is 0 Å². The number of anilines is 1. The summed E-state index contributed by atoms with van der Waals surface area (Å²) in [6.45, 7) is 14.5. The molecule has 6 heteroatoms. The van der Waals surface area contributed by atoms with Crippen LogP contribution in [-0.4, -0.2) is 21.6 Å². The van der Waals surface area contributed by atoms with Crippen molar-refractivity contribution in [3.8, 4) is 5.75 Å². The van der Waals surface area contributed by atoms with Gasteiger partial charge in [0.15, 0.2) is 0 Å². The number of fused-ring (bicyclic) bond motifs is 1. The first-order valence-electron chi connectivity index (χ1n) is 10.2. The maximum absolute atomic E-state index is 13.9. The third-order valence-electron chi connectivity index (χ3n) is 5.63. The number of benzene rings is 2. The lowest BCUT2D eigenvalue weighted by Crippen LogP contribution is -2.36. The molecule has 0 bridgehead atoms. The number of nitrogens with zero attached hydrogens (tertiary/aromatic N) is 1. The lowest BCUT2D eigenvalue weighted by Gasteiger charge is -2.31. The Balaban J connectivity index is 2.28. The van der Waals surface area contributed by atoms with Crippen molar-refractivity contribution in [2.45, 2.75) is 76.7 Å². The largest absolute Gasteiger partial charge is 0.496 e. The SMILES string of the molecule is COc1c(C(C)(C)C)cc(S(=O)(=O)N2c3ccc(Br)cc3C[C@H]2C)cc1C(C)(C)C. The zero-order chi connectivity index (χ0) is 22.6. The quantitative estimate of drug-likeness (QED) is 0.511. The average Bonchev–Trinajstić information content (AvgIpc) is 2.94. The van der Waals surface area contributed by atoms with Gasteiger partial charge in [-0.2, -0.15) is 0 Å². The molecule has 1 aliphatic rings. The molecule has 2 aromatic carbocycles. The lowest BCUT2D eigenvalue weighted by atomic mass is 9.79. The van der Waals surface area contributed by atoms with E-state index in [0.717, 1.165) is 32.6 Å². The van der Waals surface area contributed by atoms with Crippen LogP contribution in [0.15, 0.2) is 39.7 Å². The highest BCUT2D eigenvalue weighted by Crippen LogP contribution is 2.44. The second-order valence-corrected chi connectivity index (χ2v) is 12.9. The molecule has 0 saturated heterocycles. The van der Waals surface area contributed by atoms with Crippen LogP contribution >= 0.6 is 15.9 Å². The molecule has 164 valence electrons. The normalized spacial score (nSPS) is 17.2. The van der Waals surface area contributed by atoms with E-state index in [1.54, 1.807) is 23.5 Å². The Kier molecular flexibility index (Phi) is 5.83. The van der Waals surface area contributed by atoms with Crippen LogP contribution in [0.1, 0.15) is 65.2 Å². The molecule has 1 atom stereocenters. The molecule has 0 radical (unpaired) electrons. The molecule has 1 heterocycles. The van der Waals surface area contributed by atoms with Crippen molar-refractivity contribution in [2.24, 2.45) is 0 Å². The highest BCUT2D eigenvalue weighted by Gasteiger charge is 2.38. The van der Waals surface area contributed by atoms with Gasteiger partial charge in [-0.05, 0) is 60.1 Å². The van der Waals surface area contributed by atoms with Crippen LogP contribution in [0.2, 0.25) is 0 Å². The molecule has 1 aliphatic heterocycles. The van der Waals surface area contributed by atoms with E-state index in [-0.39, 0.29) is 16.9 Å². The molecule has 3 rings (SSSR count). The number of methoxy groups -OCH3 is 1. The number of hydrogen-bond acceptors (Lipinski definition) is 3. The Morgan fingerprint density at radius 1 is 1.00 bits per heavy atom. The fourth-order valence-electron chi connectivity index (χ4n) is 4.14. The van der Waals surface area contributed by atoms with Gasteiger partial charge >= 0.3 is 0 Å². The predicted octanol–water partition coefficient (Wildman–Crippen LogP) is 6.19. The third-order valence-corrected chi connectivity index (χ3v) is 8.03. The van der Waals surface area contributed by atoms with Crippen LogP contribution in [0.3, 0.4) is 0 Å². The molecule has 0 amide bonds. The summed E-state index contributed by atoms with van der Waals surface area (Å²) >= 11 is 3.50. The third kappa shape index (κ3) is 4.01. The number of ether oxygens (including phenoxy) is 1. The van der Waals surface area contributed by atoms with Crippen LogP contribution in [0, 0.1) is 0 Å². The Labute approximate surface area is 189 Å². The molecule has 0 fully saturated rings. The average molecular weight is 494 g/mol. The van der Waals surface area contributed by atoms with Crippen molar-refractivity contribution < 1.29 is 13.2 Å². The van der Waals surface area contributed by atoms with Gasteiger partial charge in [-0.15, -0.1) is 0 Å². The predicted molar refractivity (Wildman–Crippen MR) is 127 cm³/mol. The van der Waals surface area contributed by atoms with Crippen LogP contribution in [0.25, 0.3) is 0 Å². The van der Waals surface area contributed by atoms with Crippen LogP contribution < -0.4 is 9.04 Å². The minimum absolute atomic E-state index is 0.141. The van der Waals surface area contributed by atoms with Crippen molar-refractivity contribution in [3.63, 3.8) is 0 Å². The van der Waals surface area contributed by atoms with Gasteiger partial charge in [0.05, 0.1) is 17.7 Å².